The molecular weight excluding hydrogens is 256 g/mol. The largest absolute Gasteiger partial charge is 0.494 e. The third kappa shape index (κ3) is 3.45. The standard InChI is InChI=1S/C15H18N2O3/c1-15(16,14(18)19)7-3-9-20-12-6-5-11-4-2-8-17-13(11)10-12/h2,4-6,8,10H,3,7,9,16H2,1H3,(H,18,19). The highest BCUT2D eigenvalue weighted by Gasteiger charge is 2.26. The number of carboxylic acid groups (broad SMARTS) is 1. The lowest BCUT2D eigenvalue weighted by Gasteiger charge is -2.18. The van der Waals surface area contributed by atoms with Gasteiger partial charge in [0.1, 0.15) is 11.3 Å². The summed E-state index contributed by atoms with van der Waals surface area (Å²) in [6.45, 7) is 1.94. The van der Waals surface area contributed by atoms with Crippen LogP contribution in [0.2, 0.25) is 0 Å². The second-order valence-electron chi connectivity index (χ2n) is 5.03. The molecule has 20 heavy (non-hydrogen) atoms. The Kier molecular flexibility index (Phi) is 4.20. The van der Waals surface area contributed by atoms with Crippen molar-refractivity contribution in [3.05, 3.63) is 36.5 Å². The molecule has 1 aromatic heterocycles. The van der Waals surface area contributed by atoms with E-state index in [9.17, 15) is 4.79 Å². The Bertz CT molecular complexity index is 611. The van der Waals surface area contributed by atoms with E-state index in [1.54, 1.807) is 6.20 Å². The molecule has 0 aliphatic heterocycles. The molecule has 0 radical (unpaired) electrons. The van der Waals surface area contributed by atoms with Gasteiger partial charge in [0.15, 0.2) is 0 Å². The second-order valence-corrected chi connectivity index (χ2v) is 5.03. The number of carboxylic acids is 1. The first-order chi connectivity index (χ1) is 9.49. The zero-order chi connectivity index (χ0) is 14.6. The zero-order valence-corrected chi connectivity index (χ0v) is 11.4. The minimum Gasteiger partial charge on any atom is -0.494 e. The number of aromatic nitrogens is 1. The van der Waals surface area contributed by atoms with E-state index >= 15 is 0 Å². The number of carbonyl (C=O) groups is 1. The minimum absolute atomic E-state index is 0.369. The number of ether oxygens (including phenoxy) is 1. The first kappa shape index (κ1) is 14.3. The molecular formula is C15H18N2O3. The summed E-state index contributed by atoms with van der Waals surface area (Å²) in [7, 11) is 0. The number of benzene rings is 1. The van der Waals surface area contributed by atoms with Gasteiger partial charge in [0.05, 0.1) is 12.1 Å². The summed E-state index contributed by atoms with van der Waals surface area (Å²) < 4.78 is 5.60. The second kappa shape index (κ2) is 5.88. The number of nitrogens with zero attached hydrogens (tertiary/aromatic N) is 1. The van der Waals surface area contributed by atoms with Gasteiger partial charge in [-0.3, -0.25) is 9.78 Å². The van der Waals surface area contributed by atoms with Gasteiger partial charge in [-0.1, -0.05) is 6.07 Å². The highest BCUT2D eigenvalue weighted by Crippen LogP contribution is 2.19. The van der Waals surface area contributed by atoms with Crippen molar-refractivity contribution in [3.8, 4) is 5.75 Å². The molecule has 0 aliphatic carbocycles. The number of nitrogens with two attached hydrogens (primary N) is 1. The van der Waals surface area contributed by atoms with Gasteiger partial charge in [0.25, 0.3) is 0 Å². The number of fused-ring (bicyclic) bond motifs is 1. The van der Waals surface area contributed by atoms with Crippen molar-refractivity contribution in [2.24, 2.45) is 5.73 Å². The molecule has 3 N–H and O–H groups in total. The smallest absolute Gasteiger partial charge is 0.323 e. The van der Waals surface area contributed by atoms with Crippen LogP contribution >= 0.6 is 0 Å². The Labute approximate surface area is 117 Å². The summed E-state index contributed by atoms with van der Waals surface area (Å²) in [5.74, 6) is -0.266. The molecule has 0 amide bonds. The summed E-state index contributed by atoms with van der Waals surface area (Å²) in [5, 5.41) is 9.96. The molecule has 0 saturated heterocycles. The summed E-state index contributed by atoms with van der Waals surface area (Å²) in [5.41, 5.74) is 5.32. The Hall–Kier alpha value is -2.14. The van der Waals surface area contributed by atoms with Crippen LogP contribution in [0.3, 0.4) is 0 Å². The highest BCUT2D eigenvalue weighted by atomic mass is 16.5. The van der Waals surface area contributed by atoms with Gasteiger partial charge in [0, 0.05) is 17.6 Å². The Morgan fingerprint density at radius 3 is 3.00 bits per heavy atom. The third-order valence-electron chi connectivity index (χ3n) is 3.18. The molecule has 1 heterocycles. The SMILES string of the molecule is CC(N)(CCCOc1ccc2cccnc2c1)C(=O)O. The van der Waals surface area contributed by atoms with Crippen LogP contribution < -0.4 is 10.5 Å². The molecule has 2 aromatic rings. The van der Waals surface area contributed by atoms with E-state index in [2.05, 4.69) is 4.98 Å². The lowest BCUT2D eigenvalue weighted by Crippen LogP contribution is -2.44. The molecule has 1 unspecified atom stereocenters. The van der Waals surface area contributed by atoms with Gasteiger partial charge in [-0.25, -0.2) is 0 Å². The molecule has 1 aromatic carbocycles. The summed E-state index contributed by atoms with van der Waals surface area (Å²) in [6.07, 6.45) is 2.69. The normalized spacial score (nSPS) is 13.9. The maximum atomic E-state index is 10.9. The fourth-order valence-corrected chi connectivity index (χ4v) is 1.87. The molecule has 0 spiro atoms. The van der Waals surface area contributed by atoms with Gasteiger partial charge >= 0.3 is 5.97 Å². The van der Waals surface area contributed by atoms with Gasteiger partial charge < -0.3 is 15.6 Å². The van der Waals surface area contributed by atoms with Crippen LogP contribution in [0.4, 0.5) is 0 Å². The summed E-state index contributed by atoms with van der Waals surface area (Å²) >= 11 is 0. The zero-order valence-electron chi connectivity index (χ0n) is 11.4. The van der Waals surface area contributed by atoms with Gasteiger partial charge in [-0.05, 0) is 38.0 Å². The van der Waals surface area contributed by atoms with Gasteiger partial charge in [-0.15, -0.1) is 0 Å². The summed E-state index contributed by atoms with van der Waals surface area (Å²) in [6, 6.07) is 9.56. The van der Waals surface area contributed by atoms with Crippen molar-refractivity contribution >= 4 is 16.9 Å². The van der Waals surface area contributed by atoms with E-state index in [0.29, 0.717) is 19.4 Å². The predicted octanol–water partition coefficient (Wildman–Crippen LogP) is 2.20. The number of rotatable bonds is 6. The fraction of sp³-hybridized carbons (Fsp3) is 0.333. The van der Waals surface area contributed by atoms with Crippen LogP contribution in [0.1, 0.15) is 19.8 Å². The van der Waals surface area contributed by atoms with Gasteiger partial charge in [0.2, 0.25) is 0 Å². The molecule has 1 atom stereocenters. The van der Waals surface area contributed by atoms with E-state index in [-0.39, 0.29) is 0 Å². The van der Waals surface area contributed by atoms with Crippen molar-refractivity contribution in [3.63, 3.8) is 0 Å². The van der Waals surface area contributed by atoms with Crippen molar-refractivity contribution in [2.45, 2.75) is 25.3 Å². The maximum Gasteiger partial charge on any atom is 0.323 e. The van der Waals surface area contributed by atoms with Crippen molar-refractivity contribution in [1.29, 1.82) is 0 Å². The molecule has 0 aliphatic rings. The van der Waals surface area contributed by atoms with Crippen molar-refractivity contribution < 1.29 is 14.6 Å². The third-order valence-corrected chi connectivity index (χ3v) is 3.18. The molecule has 0 saturated carbocycles. The van der Waals surface area contributed by atoms with Gasteiger partial charge in [-0.2, -0.15) is 0 Å². The number of hydrogen-bond acceptors (Lipinski definition) is 4. The van der Waals surface area contributed by atoms with Crippen molar-refractivity contribution in [2.75, 3.05) is 6.61 Å². The molecule has 2 rings (SSSR count). The number of pyridine rings is 1. The Morgan fingerprint density at radius 2 is 2.25 bits per heavy atom. The van der Waals surface area contributed by atoms with Crippen molar-refractivity contribution in [1.82, 2.24) is 4.98 Å². The van der Waals surface area contributed by atoms with E-state index < -0.39 is 11.5 Å². The lowest BCUT2D eigenvalue weighted by molar-refractivity contribution is -0.142. The minimum atomic E-state index is -1.20. The molecule has 0 fully saturated rings. The van der Waals surface area contributed by atoms with Crippen LogP contribution in [-0.2, 0) is 4.79 Å². The number of hydrogen-bond donors (Lipinski definition) is 2. The van der Waals surface area contributed by atoms with Crippen LogP contribution in [0.25, 0.3) is 10.9 Å². The van der Waals surface area contributed by atoms with E-state index in [1.165, 1.54) is 6.92 Å². The monoisotopic (exact) mass is 274 g/mol. The first-order valence-electron chi connectivity index (χ1n) is 6.49. The molecule has 106 valence electrons. The summed E-state index contributed by atoms with van der Waals surface area (Å²) in [4.78, 5) is 15.1. The molecule has 5 nitrogen and oxygen atoms in total. The Morgan fingerprint density at radius 1 is 1.45 bits per heavy atom. The number of aliphatic carboxylic acids is 1. The Balaban J connectivity index is 1.88. The first-order valence-corrected chi connectivity index (χ1v) is 6.49. The average molecular weight is 274 g/mol. The molecule has 5 heteroatoms. The van der Waals surface area contributed by atoms with Crippen LogP contribution in [0.15, 0.2) is 36.5 Å². The lowest BCUT2D eigenvalue weighted by atomic mass is 9.98. The van der Waals surface area contributed by atoms with E-state index in [0.717, 1.165) is 16.7 Å². The van der Waals surface area contributed by atoms with Crippen LogP contribution in [0, 0.1) is 0 Å². The predicted molar refractivity (Wildman–Crippen MR) is 76.7 cm³/mol. The topological polar surface area (TPSA) is 85.4 Å². The highest BCUT2D eigenvalue weighted by molar-refractivity contribution is 5.79. The average Bonchev–Trinajstić information content (AvgIpc) is 2.43. The molecule has 0 bridgehead atoms. The fourth-order valence-electron chi connectivity index (χ4n) is 1.87. The quantitative estimate of drug-likeness (QED) is 0.789. The van der Waals surface area contributed by atoms with E-state index in [1.807, 2.05) is 30.3 Å². The van der Waals surface area contributed by atoms with Crippen LogP contribution in [0.5, 0.6) is 5.75 Å². The van der Waals surface area contributed by atoms with Crippen LogP contribution in [-0.4, -0.2) is 28.2 Å². The maximum absolute atomic E-state index is 10.9. The van der Waals surface area contributed by atoms with E-state index in [4.69, 9.17) is 15.6 Å².